The van der Waals surface area contributed by atoms with Crippen molar-refractivity contribution < 1.29 is 9.52 Å². The van der Waals surface area contributed by atoms with Crippen LogP contribution in [0.2, 0.25) is 0 Å². The number of aryl methyl sites for hydroxylation is 1. The number of nitrogens with one attached hydrogen (secondary N) is 1. The fourth-order valence-corrected chi connectivity index (χ4v) is 4.49. The van der Waals surface area contributed by atoms with Gasteiger partial charge in [0, 0.05) is 30.7 Å². The molecular formula is C22H26N4O2S. The van der Waals surface area contributed by atoms with Crippen molar-refractivity contribution in [1.82, 2.24) is 19.8 Å². The molecule has 3 aromatic rings. The maximum Gasteiger partial charge on any atom is 0.170 e. The molecule has 2 atom stereocenters. The van der Waals surface area contributed by atoms with E-state index in [1.165, 1.54) is 17.0 Å². The highest BCUT2D eigenvalue weighted by Gasteiger charge is 2.41. The van der Waals surface area contributed by atoms with Gasteiger partial charge in [0.2, 0.25) is 0 Å². The van der Waals surface area contributed by atoms with Crippen LogP contribution >= 0.6 is 12.2 Å². The number of pyridine rings is 1. The van der Waals surface area contributed by atoms with E-state index in [1.807, 2.05) is 36.5 Å². The maximum absolute atomic E-state index is 9.38. The van der Waals surface area contributed by atoms with Gasteiger partial charge in [0.25, 0.3) is 0 Å². The molecule has 1 aliphatic heterocycles. The highest BCUT2D eigenvalue weighted by atomic mass is 32.1. The summed E-state index contributed by atoms with van der Waals surface area (Å²) in [5, 5.41) is 13.6. The van der Waals surface area contributed by atoms with Crippen molar-refractivity contribution >= 4 is 17.3 Å². The van der Waals surface area contributed by atoms with Crippen LogP contribution in [0.25, 0.3) is 0 Å². The van der Waals surface area contributed by atoms with E-state index in [-0.39, 0.29) is 18.7 Å². The van der Waals surface area contributed by atoms with E-state index < -0.39 is 0 Å². The molecule has 0 aromatic carbocycles. The van der Waals surface area contributed by atoms with Crippen molar-refractivity contribution in [3.8, 4) is 0 Å². The van der Waals surface area contributed by atoms with Crippen LogP contribution < -0.4 is 5.32 Å². The third kappa shape index (κ3) is 3.80. The van der Waals surface area contributed by atoms with Crippen molar-refractivity contribution in [3.05, 3.63) is 77.3 Å². The average Bonchev–Trinajstić information content (AvgIpc) is 3.42. The normalized spacial score (nSPS) is 19.0. The van der Waals surface area contributed by atoms with Crippen molar-refractivity contribution in [1.29, 1.82) is 0 Å². The summed E-state index contributed by atoms with van der Waals surface area (Å²) < 4.78 is 7.83. The molecule has 4 rings (SSSR count). The van der Waals surface area contributed by atoms with Crippen LogP contribution in [0.1, 0.15) is 46.9 Å². The van der Waals surface area contributed by atoms with E-state index in [0.29, 0.717) is 24.6 Å². The zero-order valence-electron chi connectivity index (χ0n) is 16.7. The molecule has 29 heavy (non-hydrogen) atoms. The lowest BCUT2D eigenvalue weighted by molar-refractivity contribution is 0.247. The van der Waals surface area contributed by atoms with E-state index >= 15 is 0 Å². The van der Waals surface area contributed by atoms with Gasteiger partial charge in [-0.15, -0.1) is 0 Å². The first-order chi connectivity index (χ1) is 14.1. The summed E-state index contributed by atoms with van der Waals surface area (Å²) >= 11 is 5.67. The molecular weight excluding hydrogens is 384 g/mol. The number of aliphatic hydroxyl groups excluding tert-OH is 1. The molecule has 0 radical (unpaired) electrons. The number of thiocarbonyl (C=S) groups is 1. The zero-order chi connectivity index (χ0) is 20.4. The van der Waals surface area contributed by atoms with Gasteiger partial charge < -0.3 is 24.3 Å². The van der Waals surface area contributed by atoms with Gasteiger partial charge in [-0.25, -0.2) is 0 Å². The highest BCUT2D eigenvalue weighted by Crippen LogP contribution is 2.40. The van der Waals surface area contributed by atoms with E-state index in [9.17, 15) is 5.11 Å². The van der Waals surface area contributed by atoms with Gasteiger partial charge in [-0.1, -0.05) is 6.07 Å². The Kier molecular flexibility index (Phi) is 5.69. The van der Waals surface area contributed by atoms with Crippen LogP contribution in [0.5, 0.6) is 0 Å². The topological polar surface area (TPSA) is 66.5 Å². The summed E-state index contributed by atoms with van der Waals surface area (Å²) in [7, 11) is 0. The molecule has 0 saturated carbocycles. The van der Waals surface area contributed by atoms with Gasteiger partial charge in [0.05, 0.1) is 30.6 Å². The third-order valence-electron chi connectivity index (χ3n) is 5.58. The molecule has 0 bridgehead atoms. The maximum atomic E-state index is 9.38. The van der Waals surface area contributed by atoms with Crippen molar-refractivity contribution in [2.24, 2.45) is 0 Å². The van der Waals surface area contributed by atoms with E-state index in [4.69, 9.17) is 16.6 Å². The summed E-state index contributed by atoms with van der Waals surface area (Å²) in [5.41, 5.74) is 4.54. The SMILES string of the molecule is Cc1cc([C@@H]2[C@H](c3ccccn3)NC(=S)N2CCCO)c(C)n1Cc1ccco1. The summed E-state index contributed by atoms with van der Waals surface area (Å²) in [5.74, 6) is 0.928. The minimum atomic E-state index is -0.0417. The summed E-state index contributed by atoms with van der Waals surface area (Å²) in [6.07, 6.45) is 4.18. The molecule has 1 saturated heterocycles. The summed E-state index contributed by atoms with van der Waals surface area (Å²) in [6, 6.07) is 12.1. The van der Waals surface area contributed by atoms with Gasteiger partial charge in [-0.3, -0.25) is 4.98 Å². The lowest BCUT2D eigenvalue weighted by atomic mass is 9.96. The second-order valence-corrected chi connectivity index (χ2v) is 7.78. The van der Waals surface area contributed by atoms with Crippen LogP contribution in [0, 0.1) is 13.8 Å². The van der Waals surface area contributed by atoms with Crippen LogP contribution in [0.15, 0.2) is 53.3 Å². The predicted molar refractivity (Wildman–Crippen MR) is 116 cm³/mol. The number of aliphatic hydroxyl groups is 1. The molecule has 0 spiro atoms. The summed E-state index contributed by atoms with van der Waals surface area (Å²) in [6.45, 7) is 5.79. The molecule has 4 heterocycles. The van der Waals surface area contributed by atoms with E-state index in [1.54, 1.807) is 6.26 Å². The second-order valence-electron chi connectivity index (χ2n) is 7.39. The fraction of sp³-hybridized carbons (Fsp3) is 0.364. The Bertz CT molecular complexity index is 968. The lowest BCUT2D eigenvalue weighted by Crippen LogP contribution is -2.31. The summed E-state index contributed by atoms with van der Waals surface area (Å²) in [4.78, 5) is 6.77. The Hall–Kier alpha value is -2.64. The Morgan fingerprint density at radius 3 is 2.79 bits per heavy atom. The van der Waals surface area contributed by atoms with Gasteiger partial charge >= 0.3 is 0 Å². The van der Waals surface area contributed by atoms with Gasteiger partial charge in [0.15, 0.2) is 5.11 Å². The van der Waals surface area contributed by atoms with Crippen molar-refractivity contribution in [2.75, 3.05) is 13.2 Å². The minimum absolute atomic E-state index is 0.0144. The molecule has 1 fully saturated rings. The van der Waals surface area contributed by atoms with E-state index in [2.05, 4.69) is 39.7 Å². The van der Waals surface area contributed by atoms with E-state index in [0.717, 1.165) is 11.5 Å². The smallest absolute Gasteiger partial charge is 0.170 e. The molecule has 152 valence electrons. The minimum Gasteiger partial charge on any atom is -0.467 e. The molecule has 7 heteroatoms. The Balaban J connectivity index is 1.74. The van der Waals surface area contributed by atoms with Gasteiger partial charge in [-0.2, -0.15) is 0 Å². The fourth-order valence-electron chi connectivity index (χ4n) is 4.15. The Labute approximate surface area is 176 Å². The molecule has 0 aliphatic carbocycles. The monoisotopic (exact) mass is 410 g/mol. The second kappa shape index (κ2) is 8.39. The average molecular weight is 411 g/mol. The van der Waals surface area contributed by atoms with Crippen molar-refractivity contribution in [3.63, 3.8) is 0 Å². The Morgan fingerprint density at radius 2 is 2.10 bits per heavy atom. The number of furan rings is 1. The largest absolute Gasteiger partial charge is 0.467 e. The molecule has 3 aromatic heterocycles. The van der Waals surface area contributed by atoms with Crippen LogP contribution in [0.3, 0.4) is 0 Å². The first-order valence-electron chi connectivity index (χ1n) is 9.88. The number of nitrogens with zero attached hydrogens (tertiary/aromatic N) is 3. The molecule has 0 amide bonds. The molecule has 2 N–H and O–H groups in total. The molecule has 1 aliphatic rings. The first-order valence-corrected chi connectivity index (χ1v) is 10.3. The quantitative estimate of drug-likeness (QED) is 0.581. The third-order valence-corrected chi connectivity index (χ3v) is 5.93. The number of rotatable bonds is 7. The first kappa shape index (κ1) is 19.7. The van der Waals surface area contributed by atoms with Gasteiger partial charge in [0.1, 0.15) is 5.76 Å². The van der Waals surface area contributed by atoms with Crippen LogP contribution in [-0.2, 0) is 6.54 Å². The van der Waals surface area contributed by atoms with Gasteiger partial charge in [-0.05, 0) is 68.4 Å². The standard InChI is InChI=1S/C22H26N4O2S/c1-15-13-18(16(2)26(15)14-17-7-5-12-28-17)21-20(19-8-3-4-9-23-19)24-22(29)25(21)10-6-11-27/h3-5,7-9,12-13,20-21,27H,6,10-11,14H2,1-2H3,(H,24,29)/t20-,21+/m0/s1. The zero-order valence-corrected chi connectivity index (χ0v) is 17.5. The molecule has 0 unspecified atom stereocenters. The lowest BCUT2D eigenvalue weighted by Gasteiger charge is -2.28. The Morgan fingerprint density at radius 1 is 1.24 bits per heavy atom. The number of hydrogen-bond donors (Lipinski definition) is 2. The number of aromatic nitrogens is 2. The predicted octanol–water partition coefficient (Wildman–Crippen LogP) is 3.50. The highest BCUT2D eigenvalue weighted by molar-refractivity contribution is 7.80. The van der Waals surface area contributed by atoms with Crippen LogP contribution in [-0.4, -0.2) is 37.8 Å². The molecule has 6 nitrogen and oxygen atoms in total. The van der Waals surface area contributed by atoms with Crippen LogP contribution in [0.4, 0.5) is 0 Å². The van der Waals surface area contributed by atoms with Crippen molar-refractivity contribution in [2.45, 2.75) is 38.9 Å². The number of hydrogen-bond acceptors (Lipinski definition) is 4.